The van der Waals surface area contributed by atoms with Gasteiger partial charge in [-0.3, -0.25) is 0 Å². The topological polar surface area (TPSA) is 26.3 Å². The number of carbonyl (C=O) groups is 1. The maximum absolute atomic E-state index is 11.1. The van der Waals surface area contributed by atoms with Crippen molar-refractivity contribution in [2.24, 2.45) is 0 Å². The Kier molecular flexibility index (Phi) is 4.29. The predicted octanol–water partition coefficient (Wildman–Crippen LogP) is 2.66. The highest BCUT2D eigenvalue weighted by Gasteiger charge is 2.25. The van der Waals surface area contributed by atoms with Gasteiger partial charge in [0.15, 0.2) is 0 Å². The first kappa shape index (κ1) is 10.6. The van der Waals surface area contributed by atoms with Crippen LogP contribution in [0.1, 0.15) is 32.6 Å². The van der Waals surface area contributed by atoms with Crippen LogP contribution in [0, 0.1) is 0 Å². The summed E-state index contributed by atoms with van der Waals surface area (Å²) in [6, 6.07) is 0. The number of carbonyl (C=O) groups excluding carboxylic acids is 1. The highest BCUT2D eigenvalue weighted by Crippen LogP contribution is 2.25. The normalized spacial score (nSPS) is 29.1. The van der Waals surface area contributed by atoms with Gasteiger partial charge in [-0.1, -0.05) is 12.5 Å². The molecule has 1 rings (SSSR count). The first-order valence-corrected chi connectivity index (χ1v) is 5.15. The van der Waals surface area contributed by atoms with Gasteiger partial charge in [0, 0.05) is 6.08 Å². The Morgan fingerprint density at radius 3 is 2.77 bits per heavy atom. The molecule has 1 fully saturated rings. The smallest absolute Gasteiger partial charge is 0.330 e. The van der Waals surface area contributed by atoms with Crippen LogP contribution >= 0.6 is 11.6 Å². The monoisotopic (exact) mass is 202 g/mol. The van der Waals surface area contributed by atoms with Gasteiger partial charge in [-0.2, -0.15) is 0 Å². The number of esters is 1. The highest BCUT2D eigenvalue weighted by molar-refractivity contribution is 6.21. The van der Waals surface area contributed by atoms with E-state index in [0.29, 0.717) is 0 Å². The van der Waals surface area contributed by atoms with Gasteiger partial charge in [0.1, 0.15) is 6.10 Å². The number of alkyl halides is 1. The number of ether oxygens (including phenoxy) is 1. The SMILES string of the molecule is C/C=C/C(=O)O[C@@H]1CCCC[C@H]1Cl. The first-order valence-electron chi connectivity index (χ1n) is 4.71. The van der Waals surface area contributed by atoms with Crippen LogP contribution in [0.4, 0.5) is 0 Å². The maximum Gasteiger partial charge on any atom is 0.330 e. The average Bonchev–Trinajstić information content (AvgIpc) is 2.09. The van der Waals surface area contributed by atoms with Gasteiger partial charge >= 0.3 is 5.97 Å². The van der Waals surface area contributed by atoms with Gasteiger partial charge in [-0.05, 0) is 26.2 Å². The number of halogens is 1. The van der Waals surface area contributed by atoms with Crippen LogP contribution in [0.15, 0.2) is 12.2 Å². The zero-order valence-corrected chi connectivity index (χ0v) is 8.59. The molecule has 2 atom stereocenters. The van der Waals surface area contributed by atoms with E-state index in [9.17, 15) is 4.79 Å². The van der Waals surface area contributed by atoms with E-state index < -0.39 is 0 Å². The summed E-state index contributed by atoms with van der Waals surface area (Å²) >= 11 is 6.03. The Morgan fingerprint density at radius 1 is 1.46 bits per heavy atom. The van der Waals surface area contributed by atoms with E-state index in [1.165, 1.54) is 6.08 Å². The molecule has 2 nitrogen and oxygen atoms in total. The number of hydrogen-bond acceptors (Lipinski definition) is 2. The molecule has 74 valence electrons. The Morgan fingerprint density at radius 2 is 2.15 bits per heavy atom. The highest BCUT2D eigenvalue weighted by atomic mass is 35.5. The molecule has 0 unspecified atom stereocenters. The summed E-state index contributed by atoms with van der Waals surface area (Å²) in [6.45, 7) is 1.79. The average molecular weight is 203 g/mol. The molecule has 0 aromatic heterocycles. The van der Waals surface area contributed by atoms with Crippen molar-refractivity contribution in [1.82, 2.24) is 0 Å². The van der Waals surface area contributed by atoms with Crippen molar-refractivity contribution in [3.05, 3.63) is 12.2 Å². The molecule has 0 heterocycles. The fraction of sp³-hybridized carbons (Fsp3) is 0.700. The molecule has 0 bridgehead atoms. The zero-order valence-electron chi connectivity index (χ0n) is 7.83. The molecule has 13 heavy (non-hydrogen) atoms. The summed E-state index contributed by atoms with van der Waals surface area (Å²) in [4.78, 5) is 11.1. The Balaban J connectivity index is 2.37. The summed E-state index contributed by atoms with van der Waals surface area (Å²) in [6.07, 6.45) is 7.13. The van der Waals surface area contributed by atoms with E-state index in [1.54, 1.807) is 13.0 Å². The van der Waals surface area contributed by atoms with Crippen molar-refractivity contribution in [2.75, 3.05) is 0 Å². The van der Waals surface area contributed by atoms with E-state index in [0.717, 1.165) is 25.7 Å². The fourth-order valence-electron chi connectivity index (χ4n) is 1.51. The Labute approximate surface area is 83.9 Å². The van der Waals surface area contributed by atoms with E-state index in [-0.39, 0.29) is 17.5 Å². The quantitative estimate of drug-likeness (QED) is 0.391. The molecule has 0 aliphatic heterocycles. The molecule has 1 saturated carbocycles. The van der Waals surface area contributed by atoms with Gasteiger partial charge in [0.05, 0.1) is 5.38 Å². The zero-order chi connectivity index (χ0) is 9.68. The van der Waals surface area contributed by atoms with Crippen LogP contribution in [0.25, 0.3) is 0 Å². The van der Waals surface area contributed by atoms with E-state index in [4.69, 9.17) is 16.3 Å². The minimum Gasteiger partial charge on any atom is -0.458 e. The van der Waals surface area contributed by atoms with Crippen molar-refractivity contribution >= 4 is 17.6 Å². The van der Waals surface area contributed by atoms with Gasteiger partial charge in [0.25, 0.3) is 0 Å². The molecule has 3 heteroatoms. The third kappa shape index (κ3) is 3.39. The second-order valence-electron chi connectivity index (χ2n) is 3.28. The van der Waals surface area contributed by atoms with Crippen molar-refractivity contribution in [3.8, 4) is 0 Å². The fourth-order valence-corrected chi connectivity index (χ4v) is 1.84. The summed E-state index contributed by atoms with van der Waals surface area (Å²) < 4.78 is 5.19. The molecule has 0 aromatic rings. The lowest BCUT2D eigenvalue weighted by molar-refractivity contribution is -0.144. The molecule has 0 radical (unpaired) electrons. The Hall–Kier alpha value is -0.500. The second kappa shape index (κ2) is 5.28. The summed E-state index contributed by atoms with van der Waals surface area (Å²) in [7, 11) is 0. The second-order valence-corrected chi connectivity index (χ2v) is 3.84. The first-order chi connectivity index (χ1) is 6.24. The number of rotatable bonds is 2. The van der Waals surface area contributed by atoms with Crippen LogP contribution in [0.2, 0.25) is 0 Å². The molecule has 1 aliphatic carbocycles. The summed E-state index contributed by atoms with van der Waals surface area (Å²) in [5, 5.41) is 0.00274. The van der Waals surface area contributed by atoms with Gasteiger partial charge in [-0.15, -0.1) is 11.6 Å². The molecule has 0 spiro atoms. The van der Waals surface area contributed by atoms with Crippen LogP contribution in [-0.4, -0.2) is 17.5 Å². The number of allylic oxidation sites excluding steroid dienone is 1. The van der Waals surface area contributed by atoms with Crippen molar-refractivity contribution < 1.29 is 9.53 Å². The van der Waals surface area contributed by atoms with Crippen LogP contribution < -0.4 is 0 Å². The van der Waals surface area contributed by atoms with Crippen molar-refractivity contribution in [2.45, 2.75) is 44.1 Å². The lowest BCUT2D eigenvalue weighted by Crippen LogP contribution is -2.30. The molecule has 0 aromatic carbocycles. The minimum atomic E-state index is -0.278. The summed E-state index contributed by atoms with van der Waals surface area (Å²) in [5.41, 5.74) is 0. The lowest BCUT2D eigenvalue weighted by atomic mass is 9.97. The molecule has 1 aliphatic rings. The van der Waals surface area contributed by atoms with Crippen LogP contribution in [-0.2, 0) is 9.53 Å². The lowest BCUT2D eigenvalue weighted by Gasteiger charge is -2.26. The van der Waals surface area contributed by atoms with Crippen LogP contribution in [0.3, 0.4) is 0 Å². The number of hydrogen-bond donors (Lipinski definition) is 0. The van der Waals surface area contributed by atoms with E-state index in [2.05, 4.69) is 0 Å². The third-order valence-electron chi connectivity index (χ3n) is 2.19. The van der Waals surface area contributed by atoms with Crippen molar-refractivity contribution in [1.29, 1.82) is 0 Å². The van der Waals surface area contributed by atoms with Gasteiger partial charge < -0.3 is 4.74 Å². The molecule has 0 N–H and O–H groups in total. The predicted molar refractivity (Wildman–Crippen MR) is 52.8 cm³/mol. The maximum atomic E-state index is 11.1. The third-order valence-corrected chi connectivity index (χ3v) is 2.69. The largest absolute Gasteiger partial charge is 0.458 e. The van der Waals surface area contributed by atoms with Gasteiger partial charge in [-0.25, -0.2) is 4.79 Å². The van der Waals surface area contributed by atoms with E-state index in [1.807, 2.05) is 0 Å². The summed E-state index contributed by atoms with van der Waals surface area (Å²) in [5.74, 6) is -0.278. The van der Waals surface area contributed by atoms with E-state index >= 15 is 0 Å². The van der Waals surface area contributed by atoms with Crippen LogP contribution in [0.5, 0.6) is 0 Å². The Bertz CT molecular complexity index is 201. The molecular formula is C10H15ClO2. The standard InChI is InChI=1S/C10H15ClO2/c1-2-5-10(12)13-9-7-4-3-6-8(9)11/h2,5,8-9H,3-4,6-7H2,1H3/b5-2+/t8-,9-/m1/s1. The minimum absolute atomic E-state index is 0.00274. The molecule has 0 saturated heterocycles. The molecule has 0 amide bonds. The van der Waals surface area contributed by atoms with Gasteiger partial charge in [0.2, 0.25) is 0 Å². The molecular weight excluding hydrogens is 188 g/mol. The van der Waals surface area contributed by atoms with Crippen molar-refractivity contribution in [3.63, 3.8) is 0 Å².